The molecule has 4 rings (SSSR count). The number of hydrogen-bond acceptors (Lipinski definition) is 4. The van der Waals surface area contributed by atoms with Gasteiger partial charge in [0.2, 0.25) is 10.0 Å². The summed E-state index contributed by atoms with van der Waals surface area (Å²) in [5.41, 5.74) is 3.36. The molecule has 0 radical (unpaired) electrons. The Labute approximate surface area is 211 Å². The largest absolute Gasteiger partial charge is 0.368 e. The molecule has 1 atom stereocenters. The lowest BCUT2D eigenvalue weighted by Crippen LogP contribution is -2.49. The van der Waals surface area contributed by atoms with E-state index in [1.807, 2.05) is 30.3 Å². The van der Waals surface area contributed by atoms with E-state index in [0.29, 0.717) is 44.4 Å². The van der Waals surface area contributed by atoms with E-state index in [9.17, 15) is 8.42 Å². The van der Waals surface area contributed by atoms with Crippen molar-refractivity contribution in [2.24, 2.45) is 0 Å². The van der Waals surface area contributed by atoms with Crippen LogP contribution < -0.4 is 0 Å². The van der Waals surface area contributed by atoms with Crippen LogP contribution in [0.5, 0.6) is 0 Å². The van der Waals surface area contributed by atoms with Gasteiger partial charge < -0.3 is 4.74 Å². The summed E-state index contributed by atoms with van der Waals surface area (Å²) in [6.45, 7) is 5.25. The highest BCUT2D eigenvalue weighted by molar-refractivity contribution is 7.89. The maximum Gasteiger partial charge on any atom is 0.244 e. The molecule has 8 heteroatoms. The highest BCUT2D eigenvalue weighted by Gasteiger charge is 2.31. The third-order valence-corrected chi connectivity index (χ3v) is 8.64. The van der Waals surface area contributed by atoms with Crippen molar-refractivity contribution in [2.75, 3.05) is 32.7 Å². The Kier molecular flexibility index (Phi) is 8.30. The van der Waals surface area contributed by atoms with Gasteiger partial charge in [0.05, 0.1) is 17.7 Å². The van der Waals surface area contributed by atoms with Gasteiger partial charge in [-0.25, -0.2) is 8.42 Å². The second-order valence-corrected chi connectivity index (χ2v) is 11.2. The monoisotopic (exact) mass is 518 g/mol. The zero-order chi connectivity index (χ0) is 24.1. The van der Waals surface area contributed by atoms with Crippen LogP contribution in [0, 0.1) is 6.92 Å². The fourth-order valence-corrected chi connectivity index (χ4v) is 6.15. The molecule has 0 saturated carbocycles. The second-order valence-electron chi connectivity index (χ2n) is 8.48. The number of halogens is 2. The van der Waals surface area contributed by atoms with E-state index in [2.05, 4.69) is 30.0 Å². The second kappa shape index (κ2) is 11.2. The summed E-state index contributed by atoms with van der Waals surface area (Å²) in [5, 5.41) is 0.928. The topological polar surface area (TPSA) is 49.9 Å². The molecule has 1 unspecified atom stereocenters. The minimum atomic E-state index is -3.62. The first-order valence-corrected chi connectivity index (χ1v) is 13.4. The molecule has 0 amide bonds. The maximum atomic E-state index is 13.1. The number of aryl methyl sites for hydroxylation is 1. The molecule has 1 fully saturated rings. The van der Waals surface area contributed by atoms with Crippen LogP contribution in [0.4, 0.5) is 0 Å². The maximum absolute atomic E-state index is 13.1. The van der Waals surface area contributed by atoms with Crippen molar-refractivity contribution in [1.82, 2.24) is 9.21 Å². The summed E-state index contributed by atoms with van der Waals surface area (Å²) in [5.74, 6) is 0. The number of sulfonamides is 1. The molecule has 0 spiro atoms. The molecule has 180 valence electrons. The molecule has 5 nitrogen and oxygen atoms in total. The highest BCUT2D eigenvalue weighted by atomic mass is 35.5. The van der Waals surface area contributed by atoms with Gasteiger partial charge >= 0.3 is 0 Å². The summed E-state index contributed by atoms with van der Waals surface area (Å²) < 4.78 is 34.0. The average molecular weight is 519 g/mol. The lowest BCUT2D eigenvalue weighted by atomic mass is 10.1. The van der Waals surface area contributed by atoms with Crippen LogP contribution >= 0.6 is 23.2 Å². The molecule has 1 aliphatic rings. The van der Waals surface area contributed by atoms with Crippen molar-refractivity contribution in [3.8, 4) is 0 Å². The zero-order valence-corrected chi connectivity index (χ0v) is 21.4. The van der Waals surface area contributed by atoms with Gasteiger partial charge in [-0.3, -0.25) is 4.90 Å². The van der Waals surface area contributed by atoms with Gasteiger partial charge in [-0.1, -0.05) is 77.3 Å². The summed E-state index contributed by atoms with van der Waals surface area (Å²) in [7, 11) is -3.62. The third-order valence-electron chi connectivity index (χ3n) is 5.99. The van der Waals surface area contributed by atoms with E-state index in [4.69, 9.17) is 27.9 Å². The molecular formula is C26H28Cl2N2O3S. The molecular weight excluding hydrogens is 491 g/mol. The summed E-state index contributed by atoms with van der Waals surface area (Å²) >= 11 is 12.3. The van der Waals surface area contributed by atoms with Crippen molar-refractivity contribution in [1.29, 1.82) is 0 Å². The molecule has 34 heavy (non-hydrogen) atoms. The van der Waals surface area contributed by atoms with Gasteiger partial charge in [0.25, 0.3) is 0 Å². The van der Waals surface area contributed by atoms with Gasteiger partial charge in [0, 0.05) is 37.7 Å². The van der Waals surface area contributed by atoms with Crippen LogP contribution in [-0.2, 0) is 21.4 Å². The van der Waals surface area contributed by atoms with E-state index < -0.39 is 10.0 Å². The first kappa shape index (κ1) is 25.2. The number of ether oxygens (including phenoxy) is 1. The van der Waals surface area contributed by atoms with Crippen molar-refractivity contribution in [3.63, 3.8) is 0 Å². The number of rotatable bonds is 8. The lowest BCUT2D eigenvalue weighted by Gasteiger charge is -2.36. The van der Waals surface area contributed by atoms with Crippen molar-refractivity contribution in [3.05, 3.63) is 99.5 Å². The minimum Gasteiger partial charge on any atom is -0.368 e. The summed E-state index contributed by atoms with van der Waals surface area (Å²) in [6.07, 6.45) is -0.162. The van der Waals surface area contributed by atoms with Gasteiger partial charge in [-0.15, -0.1) is 0 Å². The normalized spacial score (nSPS) is 16.4. The number of piperazine rings is 1. The zero-order valence-electron chi connectivity index (χ0n) is 19.0. The summed E-state index contributed by atoms with van der Waals surface area (Å²) in [4.78, 5) is 2.40. The Morgan fingerprint density at radius 1 is 0.912 bits per heavy atom. The van der Waals surface area contributed by atoms with E-state index >= 15 is 0 Å². The number of benzene rings is 3. The van der Waals surface area contributed by atoms with Crippen molar-refractivity contribution >= 4 is 33.2 Å². The molecule has 0 bridgehead atoms. The molecule has 0 aromatic heterocycles. The van der Waals surface area contributed by atoms with Gasteiger partial charge in [0.15, 0.2) is 0 Å². The Morgan fingerprint density at radius 3 is 2.29 bits per heavy atom. The Bertz CT molecular complexity index is 1210. The first-order chi connectivity index (χ1) is 16.3. The molecule has 1 aliphatic heterocycles. The predicted molar refractivity (Wildman–Crippen MR) is 137 cm³/mol. The van der Waals surface area contributed by atoms with Crippen molar-refractivity contribution in [2.45, 2.75) is 24.5 Å². The van der Waals surface area contributed by atoms with Crippen LogP contribution in [0.15, 0.2) is 77.7 Å². The first-order valence-electron chi connectivity index (χ1n) is 11.2. The van der Waals surface area contributed by atoms with Crippen molar-refractivity contribution < 1.29 is 13.2 Å². The van der Waals surface area contributed by atoms with E-state index in [-0.39, 0.29) is 16.0 Å². The third kappa shape index (κ3) is 6.19. The Hall–Kier alpha value is -1.93. The van der Waals surface area contributed by atoms with Crippen LogP contribution in [0.2, 0.25) is 10.0 Å². The average Bonchev–Trinajstić information content (AvgIpc) is 2.83. The predicted octanol–water partition coefficient (Wildman–Crippen LogP) is 5.57. The van der Waals surface area contributed by atoms with Gasteiger partial charge in [-0.2, -0.15) is 4.31 Å². The van der Waals surface area contributed by atoms with Gasteiger partial charge in [-0.05, 0) is 42.3 Å². The number of nitrogens with zero attached hydrogens (tertiary/aromatic N) is 2. The Balaban J connectivity index is 1.43. The Morgan fingerprint density at radius 2 is 1.62 bits per heavy atom. The molecule has 1 saturated heterocycles. The number of hydrogen-bond donors (Lipinski definition) is 0. The fraction of sp³-hybridized carbons (Fsp3) is 0.308. The van der Waals surface area contributed by atoms with Crippen LogP contribution in [0.25, 0.3) is 0 Å². The van der Waals surface area contributed by atoms with E-state index in [1.54, 1.807) is 24.3 Å². The smallest absolute Gasteiger partial charge is 0.244 e. The standard InChI is InChI=1S/C26H28Cl2N2O3S/c1-20-5-4-6-21(17-20)19-33-25(22-9-11-23(27)12-10-22)18-29-13-15-30(16-14-29)34(31,32)26-8-3-2-7-24(26)28/h2-12,17,25H,13-16,18-19H2,1H3. The molecule has 1 heterocycles. The highest BCUT2D eigenvalue weighted by Crippen LogP contribution is 2.27. The van der Waals surface area contributed by atoms with Crippen LogP contribution in [0.3, 0.4) is 0 Å². The summed E-state index contributed by atoms with van der Waals surface area (Å²) in [6, 6.07) is 22.6. The lowest BCUT2D eigenvalue weighted by molar-refractivity contribution is 0.00771. The van der Waals surface area contributed by atoms with Crippen LogP contribution in [-0.4, -0.2) is 50.3 Å². The molecule has 0 N–H and O–H groups in total. The van der Waals surface area contributed by atoms with Crippen LogP contribution in [0.1, 0.15) is 22.8 Å². The van der Waals surface area contributed by atoms with Gasteiger partial charge in [0.1, 0.15) is 4.90 Å². The fourth-order valence-electron chi connectivity index (χ4n) is 4.11. The van der Waals surface area contributed by atoms with E-state index in [1.165, 1.54) is 9.87 Å². The minimum absolute atomic E-state index is 0.158. The molecule has 3 aromatic rings. The quantitative estimate of drug-likeness (QED) is 0.391. The van der Waals surface area contributed by atoms with E-state index in [0.717, 1.165) is 11.1 Å². The SMILES string of the molecule is Cc1cccc(COC(CN2CCN(S(=O)(=O)c3ccccc3Cl)CC2)c2ccc(Cl)cc2)c1. The molecule has 0 aliphatic carbocycles. The molecule has 3 aromatic carbocycles.